The van der Waals surface area contributed by atoms with Gasteiger partial charge in [0, 0.05) is 36.3 Å². The van der Waals surface area contributed by atoms with Crippen LogP contribution < -0.4 is 10.6 Å². The molecule has 0 aliphatic carbocycles. The zero-order valence-electron chi connectivity index (χ0n) is 15.0. The van der Waals surface area contributed by atoms with Gasteiger partial charge in [0.05, 0.1) is 12.3 Å². The average molecular weight is 349 g/mol. The SMILES string of the molecule is CCc1cccc(C)c1Nc1cc(-c2cccnc2)nc(NCCO)n1. The lowest BCUT2D eigenvalue weighted by Gasteiger charge is -2.15. The number of aliphatic hydroxyl groups is 1. The van der Waals surface area contributed by atoms with Crippen molar-refractivity contribution in [2.24, 2.45) is 0 Å². The number of nitrogens with one attached hydrogen (secondary N) is 2. The first kappa shape index (κ1) is 17.8. The fraction of sp³-hybridized carbons (Fsp3) is 0.250. The zero-order valence-corrected chi connectivity index (χ0v) is 15.0. The van der Waals surface area contributed by atoms with Gasteiger partial charge in [-0.25, -0.2) is 4.98 Å². The van der Waals surface area contributed by atoms with Gasteiger partial charge >= 0.3 is 0 Å². The molecule has 0 unspecified atom stereocenters. The molecule has 3 rings (SSSR count). The Bertz CT molecular complexity index is 867. The standard InChI is InChI=1S/C20H23N5O/c1-3-15-7-4-6-14(2)19(15)24-18-12-17(16-8-5-9-21-13-16)23-20(25-18)22-10-11-26/h4-9,12-13,26H,3,10-11H2,1-2H3,(H2,22,23,24,25). The van der Waals surface area contributed by atoms with Crippen LogP contribution in [-0.2, 0) is 6.42 Å². The van der Waals surface area contributed by atoms with Crippen LogP contribution in [0.1, 0.15) is 18.1 Å². The number of hydrogen-bond acceptors (Lipinski definition) is 6. The molecule has 2 heterocycles. The summed E-state index contributed by atoms with van der Waals surface area (Å²) in [5, 5.41) is 15.6. The molecule has 6 nitrogen and oxygen atoms in total. The number of aliphatic hydroxyl groups excluding tert-OH is 1. The number of nitrogens with zero attached hydrogens (tertiary/aromatic N) is 3. The molecule has 3 aromatic rings. The van der Waals surface area contributed by atoms with Crippen LogP contribution in [0.4, 0.5) is 17.5 Å². The van der Waals surface area contributed by atoms with Crippen molar-refractivity contribution in [3.63, 3.8) is 0 Å². The maximum atomic E-state index is 9.08. The summed E-state index contributed by atoms with van der Waals surface area (Å²) in [4.78, 5) is 13.2. The number of aryl methyl sites for hydroxylation is 2. The second-order valence-electron chi connectivity index (χ2n) is 5.94. The van der Waals surface area contributed by atoms with Crippen LogP contribution in [-0.4, -0.2) is 33.2 Å². The summed E-state index contributed by atoms with van der Waals surface area (Å²) in [6, 6.07) is 12.0. The normalized spacial score (nSPS) is 10.6. The summed E-state index contributed by atoms with van der Waals surface area (Å²) >= 11 is 0. The lowest BCUT2D eigenvalue weighted by atomic mass is 10.1. The highest BCUT2D eigenvalue weighted by molar-refractivity contribution is 5.70. The second-order valence-corrected chi connectivity index (χ2v) is 5.94. The topological polar surface area (TPSA) is 83.0 Å². The van der Waals surface area contributed by atoms with Gasteiger partial charge in [0.1, 0.15) is 5.82 Å². The van der Waals surface area contributed by atoms with E-state index in [1.165, 1.54) is 5.56 Å². The largest absolute Gasteiger partial charge is 0.395 e. The van der Waals surface area contributed by atoms with Crippen molar-refractivity contribution in [3.8, 4) is 11.3 Å². The molecule has 26 heavy (non-hydrogen) atoms. The minimum atomic E-state index is 0.0149. The van der Waals surface area contributed by atoms with Gasteiger partial charge in [-0.3, -0.25) is 4.98 Å². The van der Waals surface area contributed by atoms with Gasteiger partial charge in [0.2, 0.25) is 5.95 Å². The number of para-hydroxylation sites is 1. The summed E-state index contributed by atoms with van der Waals surface area (Å²) in [5.41, 5.74) is 5.14. The summed E-state index contributed by atoms with van der Waals surface area (Å²) < 4.78 is 0. The van der Waals surface area contributed by atoms with Crippen molar-refractivity contribution in [1.82, 2.24) is 15.0 Å². The van der Waals surface area contributed by atoms with E-state index in [9.17, 15) is 0 Å². The molecular formula is C20H23N5O. The quantitative estimate of drug-likeness (QED) is 0.605. The summed E-state index contributed by atoms with van der Waals surface area (Å²) in [6.07, 6.45) is 4.43. The molecular weight excluding hydrogens is 326 g/mol. The molecule has 6 heteroatoms. The van der Waals surface area contributed by atoms with Crippen LogP contribution in [0.5, 0.6) is 0 Å². The molecule has 0 saturated heterocycles. The lowest BCUT2D eigenvalue weighted by molar-refractivity contribution is 0.311. The number of pyridine rings is 1. The molecule has 3 N–H and O–H groups in total. The average Bonchev–Trinajstić information content (AvgIpc) is 2.68. The molecule has 0 amide bonds. The molecule has 1 aromatic carbocycles. The summed E-state index contributed by atoms with van der Waals surface area (Å²) in [7, 11) is 0. The minimum Gasteiger partial charge on any atom is -0.395 e. The van der Waals surface area contributed by atoms with Crippen molar-refractivity contribution in [2.45, 2.75) is 20.3 Å². The van der Waals surface area contributed by atoms with Gasteiger partial charge in [0.15, 0.2) is 0 Å². The number of hydrogen-bond donors (Lipinski definition) is 3. The monoisotopic (exact) mass is 349 g/mol. The first-order chi connectivity index (χ1) is 12.7. The highest BCUT2D eigenvalue weighted by Crippen LogP contribution is 2.27. The van der Waals surface area contributed by atoms with Gasteiger partial charge in [-0.2, -0.15) is 4.98 Å². The third kappa shape index (κ3) is 4.15. The minimum absolute atomic E-state index is 0.0149. The Morgan fingerprint density at radius 3 is 2.73 bits per heavy atom. The van der Waals surface area contributed by atoms with E-state index in [-0.39, 0.29) is 6.61 Å². The predicted octanol–water partition coefficient (Wildman–Crippen LogP) is 3.56. The number of anilines is 3. The van der Waals surface area contributed by atoms with Crippen molar-refractivity contribution in [3.05, 3.63) is 59.9 Å². The van der Waals surface area contributed by atoms with E-state index in [1.54, 1.807) is 12.4 Å². The van der Waals surface area contributed by atoms with E-state index in [1.807, 2.05) is 18.2 Å². The van der Waals surface area contributed by atoms with Crippen molar-refractivity contribution < 1.29 is 5.11 Å². The van der Waals surface area contributed by atoms with Crippen LogP contribution in [0.15, 0.2) is 48.8 Å². The van der Waals surface area contributed by atoms with Gasteiger partial charge in [0.25, 0.3) is 0 Å². The highest BCUT2D eigenvalue weighted by Gasteiger charge is 2.10. The molecule has 2 aromatic heterocycles. The van der Waals surface area contributed by atoms with E-state index < -0.39 is 0 Å². The smallest absolute Gasteiger partial charge is 0.225 e. The second kappa shape index (κ2) is 8.40. The Morgan fingerprint density at radius 2 is 2.00 bits per heavy atom. The molecule has 0 spiro atoms. The van der Waals surface area contributed by atoms with Gasteiger partial charge in [-0.1, -0.05) is 25.1 Å². The lowest BCUT2D eigenvalue weighted by Crippen LogP contribution is -2.10. The molecule has 0 saturated carbocycles. The van der Waals surface area contributed by atoms with Gasteiger partial charge in [-0.05, 0) is 36.6 Å². The third-order valence-electron chi connectivity index (χ3n) is 4.07. The Labute approximate surface area is 153 Å². The molecule has 0 fully saturated rings. The van der Waals surface area contributed by atoms with Gasteiger partial charge in [-0.15, -0.1) is 0 Å². The van der Waals surface area contributed by atoms with Crippen LogP contribution >= 0.6 is 0 Å². The fourth-order valence-electron chi connectivity index (χ4n) is 2.75. The Morgan fingerprint density at radius 1 is 1.12 bits per heavy atom. The molecule has 0 bridgehead atoms. The van der Waals surface area contributed by atoms with Crippen LogP contribution in [0.3, 0.4) is 0 Å². The Kier molecular flexibility index (Phi) is 5.76. The number of benzene rings is 1. The van der Waals surface area contributed by atoms with Crippen molar-refractivity contribution in [2.75, 3.05) is 23.8 Å². The summed E-state index contributed by atoms with van der Waals surface area (Å²) in [6.45, 7) is 4.62. The van der Waals surface area contributed by atoms with E-state index in [2.05, 4.69) is 57.6 Å². The molecule has 0 aliphatic heterocycles. The number of rotatable bonds is 7. The van der Waals surface area contributed by atoms with E-state index >= 15 is 0 Å². The van der Waals surface area contributed by atoms with Crippen LogP contribution in [0.2, 0.25) is 0 Å². The summed E-state index contributed by atoms with van der Waals surface area (Å²) in [5.74, 6) is 1.16. The number of aromatic nitrogens is 3. The Hall–Kier alpha value is -2.99. The molecule has 134 valence electrons. The van der Waals surface area contributed by atoms with E-state index in [0.717, 1.165) is 28.9 Å². The molecule has 0 aliphatic rings. The third-order valence-corrected chi connectivity index (χ3v) is 4.07. The maximum absolute atomic E-state index is 9.08. The van der Waals surface area contributed by atoms with Crippen LogP contribution in [0, 0.1) is 6.92 Å². The van der Waals surface area contributed by atoms with Gasteiger partial charge < -0.3 is 15.7 Å². The predicted molar refractivity (Wildman–Crippen MR) is 105 cm³/mol. The highest BCUT2D eigenvalue weighted by atomic mass is 16.3. The molecule has 0 radical (unpaired) electrons. The van der Waals surface area contributed by atoms with Crippen LogP contribution in [0.25, 0.3) is 11.3 Å². The van der Waals surface area contributed by atoms with E-state index in [4.69, 9.17) is 5.11 Å². The zero-order chi connectivity index (χ0) is 18.4. The first-order valence-electron chi connectivity index (χ1n) is 8.71. The maximum Gasteiger partial charge on any atom is 0.225 e. The first-order valence-corrected chi connectivity index (χ1v) is 8.71. The Balaban J connectivity index is 2.01. The van der Waals surface area contributed by atoms with Crippen molar-refractivity contribution >= 4 is 17.5 Å². The molecule has 0 atom stereocenters. The fourth-order valence-corrected chi connectivity index (χ4v) is 2.75. The van der Waals surface area contributed by atoms with E-state index in [0.29, 0.717) is 18.3 Å². The van der Waals surface area contributed by atoms with Crippen molar-refractivity contribution in [1.29, 1.82) is 0 Å².